The van der Waals surface area contributed by atoms with Crippen LogP contribution < -0.4 is 5.32 Å². The summed E-state index contributed by atoms with van der Waals surface area (Å²) in [6.45, 7) is 1.91. The Bertz CT molecular complexity index is 810. The second-order valence-electron chi connectivity index (χ2n) is 5.41. The highest BCUT2D eigenvalue weighted by atomic mass is 35.5. The fraction of sp³-hybridized carbons (Fsp3) is 0.250. The molecule has 1 amide bonds. The van der Waals surface area contributed by atoms with Crippen LogP contribution in [0.5, 0.6) is 0 Å². The van der Waals surface area contributed by atoms with E-state index in [0.717, 1.165) is 16.8 Å². The summed E-state index contributed by atoms with van der Waals surface area (Å²) < 4.78 is 15.0. The molecule has 1 aromatic carbocycles. The summed E-state index contributed by atoms with van der Waals surface area (Å²) in [5.74, 6) is -0.798. The molecule has 1 aliphatic rings. The van der Waals surface area contributed by atoms with E-state index >= 15 is 0 Å². The number of carbonyl (C=O) groups excluding carboxylic acids is 1. The number of halogens is 2. The summed E-state index contributed by atoms with van der Waals surface area (Å²) in [5, 5.41) is 10.7. The van der Waals surface area contributed by atoms with Crippen LogP contribution in [0.1, 0.15) is 33.7 Å². The van der Waals surface area contributed by atoms with Crippen molar-refractivity contribution in [3.63, 3.8) is 0 Å². The SMILES string of the molecule is Cc1c2c(c(C(=O)Nc3ccc(F)c(Cl)c3)n1C)CCC2=N. The molecule has 0 saturated heterocycles. The van der Waals surface area contributed by atoms with Crippen molar-refractivity contribution in [2.75, 3.05) is 5.32 Å². The first-order chi connectivity index (χ1) is 10.4. The van der Waals surface area contributed by atoms with Gasteiger partial charge in [0.1, 0.15) is 11.5 Å². The molecule has 22 heavy (non-hydrogen) atoms. The second kappa shape index (κ2) is 5.25. The van der Waals surface area contributed by atoms with Crippen LogP contribution in [-0.4, -0.2) is 16.2 Å². The molecule has 0 spiro atoms. The summed E-state index contributed by atoms with van der Waals surface area (Å²) in [6.07, 6.45) is 1.36. The van der Waals surface area contributed by atoms with E-state index in [0.29, 0.717) is 29.9 Å². The monoisotopic (exact) mass is 319 g/mol. The zero-order valence-electron chi connectivity index (χ0n) is 12.3. The quantitative estimate of drug-likeness (QED) is 0.871. The average Bonchev–Trinajstić information content (AvgIpc) is 2.95. The highest BCUT2D eigenvalue weighted by Gasteiger charge is 2.29. The van der Waals surface area contributed by atoms with Crippen molar-refractivity contribution in [2.45, 2.75) is 19.8 Å². The van der Waals surface area contributed by atoms with Crippen molar-refractivity contribution in [1.82, 2.24) is 4.57 Å². The van der Waals surface area contributed by atoms with Gasteiger partial charge in [-0.3, -0.25) is 4.79 Å². The van der Waals surface area contributed by atoms with Crippen LogP contribution in [0, 0.1) is 18.2 Å². The van der Waals surface area contributed by atoms with Gasteiger partial charge in [0, 0.05) is 29.7 Å². The summed E-state index contributed by atoms with van der Waals surface area (Å²) in [7, 11) is 1.81. The topological polar surface area (TPSA) is 57.9 Å². The van der Waals surface area contributed by atoms with E-state index in [1.54, 1.807) is 4.57 Å². The third-order valence-corrected chi connectivity index (χ3v) is 4.40. The third kappa shape index (κ3) is 2.22. The van der Waals surface area contributed by atoms with Crippen LogP contribution in [0.25, 0.3) is 0 Å². The fourth-order valence-electron chi connectivity index (χ4n) is 2.95. The Kier molecular flexibility index (Phi) is 3.53. The Morgan fingerprint density at radius 3 is 2.82 bits per heavy atom. The first-order valence-electron chi connectivity index (χ1n) is 6.92. The molecule has 0 unspecified atom stereocenters. The van der Waals surface area contributed by atoms with Gasteiger partial charge in [-0.2, -0.15) is 0 Å². The van der Waals surface area contributed by atoms with Gasteiger partial charge in [0.15, 0.2) is 0 Å². The van der Waals surface area contributed by atoms with Crippen molar-refractivity contribution >= 4 is 28.9 Å². The molecule has 3 rings (SSSR count). The van der Waals surface area contributed by atoms with Crippen molar-refractivity contribution < 1.29 is 9.18 Å². The van der Waals surface area contributed by atoms with Gasteiger partial charge in [-0.25, -0.2) is 4.39 Å². The summed E-state index contributed by atoms with van der Waals surface area (Å²) >= 11 is 5.73. The summed E-state index contributed by atoms with van der Waals surface area (Å²) in [6, 6.07) is 4.07. The molecule has 1 heterocycles. The number of benzene rings is 1. The smallest absolute Gasteiger partial charge is 0.272 e. The van der Waals surface area contributed by atoms with Crippen molar-refractivity contribution in [3.8, 4) is 0 Å². The van der Waals surface area contributed by atoms with Crippen LogP contribution >= 0.6 is 11.6 Å². The van der Waals surface area contributed by atoms with E-state index in [2.05, 4.69) is 5.32 Å². The minimum absolute atomic E-state index is 0.0344. The molecular weight excluding hydrogens is 305 g/mol. The zero-order chi connectivity index (χ0) is 16.0. The molecule has 0 aliphatic heterocycles. The molecule has 2 aromatic rings. The van der Waals surface area contributed by atoms with Gasteiger partial charge in [-0.15, -0.1) is 0 Å². The number of nitrogens with one attached hydrogen (secondary N) is 2. The summed E-state index contributed by atoms with van der Waals surface area (Å²) in [5.41, 5.74) is 4.28. The Hall–Kier alpha value is -2.14. The molecule has 4 nitrogen and oxygen atoms in total. The number of rotatable bonds is 2. The average molecular weight is 320 g/mol. The lowest BCUT2D eigenvalue weighted by atomic mass is 10.1. The Morgan fingerprint density at radius 1 is 1.41 bits per heavy atom. The molecular formula is C16H15ClFN3O. The van der Waals surface area contributed by atoms with Gasteiger partial charge in [0.05, 0.1) is 5.02 Å². The molecule has 2 N–H and O–H groups in total. The number of aromatic nitrogens is 1. The maximum absolute atomic E-state index is 13.2. The molecule has 0 bridgehead atoms. The second-order valence-corrected chi connectivity index (χ2v) is 5.82. The Morgan fingerprint density at radius 2 is 2.14 bits per heavy atom. The van der Waals surface area contributed by atoms with Gasteiger partial charge in [-0.1, -0.05) is 11.6 Å². The van der Waals surface area contributed by atoms with Crippen molar-refractivity contribution in [1.29, 1.82) is 5.41 Å². The van der Waals surface area contributed by atoms with Gasteiger partial charge in [0.25, 0.3) is 5.91 Å². The first-order valence-corrected chi connectivity index (χ1v) is 7.30. The number of anilines is 1. The predicted molar refractivity (Wildman–Crippen MR) is 84.7 cm³/mol. The minimum atomic E-state index is -0.524. The number of nitrogens with zero attached hydrogens (tertiary/aromatic N) is 1. The minimum Gasteiger partial charge on any atom is -0.343 e. The van der Waals surface area contributed by atoms with Crippen LogP contribution in [-0.2, 0) is 13.5 Å². The number of hydrogen-bond acceptors (Lipinski definition) is 2. The lowest BCUT2D eigenvalue weighted by Gasteiger charge is -2.09. The molecule has 1 aliphatic carbocycles. The summed E-state index contributed by atoms with van der Waals surface area (Å²) in [4.78, 5) is 12.6. The maximum Gasteiger partial charge on any atom is 0.272 e. The number of amides is 1. The highest BCUT2D eigenvalue weighted by Crippen LogP contribution is 2.31. The molecule has 1 aromatic heterocycles. The van der Waals surface area contributed by atoms with Crippen LogP contribution in [0.4, 0.5) is 10.1 Å². The predicted octanol–water partition coefficient (Wildman–Crippen LogP) is 3.69. The lowest BCUT2D eigenvalue weighted by Crippen LogP contribution is -2.18. The number of hydrogen-bond donors (Lipinski definition) is 2. The largest absolute Gasteiger partial charge is 0.343 e. The van der Waals surface area contributed by atoms with E-state index in [1.165, 1.54) is 18.2 Å². The Balaban J connectivity index is 1.96. The molecule has 0 fully saturated rings. The maximum atomic E-state index is 13.2. The van der Waals surface area contributed by atoms with E-state index in [1.807, 2.05) is 14.0 Å². The lowest BCUT2D eigenvalue weighted by molar-refractivity contribution is 0.101. The third-order valence-electron chi connectivity index (χ3n) is 4.11. The van der Waals surface area contributed by atoms with Crippen molar-refractivity contribution in [2.24, 2.45) is 7.05 Å². The van der Waals surface area contributed by atoms with Gasteiger partial charge in [0.2, 0.25) is 0 Å². The molecule has 0 saturated carbocycles. The van der Waals surface area contributed by atoms with Crippen LogP contribution in [0.15, 0.2) is 18.2 Å². The van der Waals surface area contributed by atoms with E-state index < -0.39 is 5.82 Å². The fourth-order valence-corrected chi connectivity index (χ4v) is 3.13. The van der Waals surface area contributed by atoms with E-state index in [4.69, 9.17) is 17.0 Å². The molecule has 6 heteroatoms. The number of carbonyl (C=O) groups is 1. The van der Waals surface area contributed by atoms with Gasteiger partial charge < -0.3 is 15.3 Å². The van der Waals surface area contributed by atoms with Crippen LogP contribution in [0.3, 0.4) is 0 Å². The standard InChI is InChI=1S/C16H15ClFN3O/c1-8-14-10(4-6-13(14)19)15(21(8)2)16(22)20-9-3-5-12(18)11(17)7-9/h3,5,7,19H,4,6H2,1-2H3,(H,20,22). The zero-order valence-corrected chi connectivity index (χ0v) is 13.0. The molecule has 0 atom stereocenters. The molecule has 0 radical (unpaired) electrons. The Labute approximate surface area is 132 Å². The molecule has 114 valence electrons. The normalized spacial score (nSPS) is 13.4. The van der Waals surface area contributed by atoms with Gasteiger partial charge in [-0.05, 0) is 43.5 Å². The highest BCUT2D eigenvalue weighted by molar-refractivity contribution is 6.31. The number of fused-ring (bicyclic) bond motifs is 1. The van der Waals surface area contributed by atoms with Crippen LogP contribution in [0.2, 0.25) is 5.02 Å². The van der Waals surface area contributed by atoms with E-state index in [-0.39, 0.29) is 10.9 Å². The first kappa shape index (κ1) is 14.8. The van der Waals surface area contributed by atoms with E-state index in [9.17, 15) is 9.18 Å². The van der Waals surface area contributed by atoms with Crippen molar-refractivity contribution in [3.05, 3.63) is 51.6 Å². The van der Waals surface area contributed by atoms with Gasteiger partial charge >= 0.3 is 0 Å².